The monoisotopic (exact) mass is 502 g/mol. The van der Waals surface area contributed by atoms with E-state index in [0.29, 0.717) is 18.7 Å². The van der Waals surface area contributed by atoms with Gasteiger partial charge in [0.25, 0.3) is 0 Å². The molecule has 190 valence electrons. The molecule has 0 spiro atoms. The highest BCUT2D eigenvalue weighted by Crippen LogP contribution is 2.35. The summed E-state index contributed by atoms with van der Waals surface area (Å²) in [6.45, 7) is 3.84. The number of fused-ring (bicyclic) bond motifs is 1. The zero-order valence-electron chi connectivity index (χ0n) is 19.8. The Morgan fingerprint density at radius 3 is 2.50 bits per heavy atom. The lowest BCUT2D eigenvalue weighted by Crippen LogP contribution is -2.50. The van der Waals surface area contributed by atoms with Gasteiger partial charge in [-0.1, -0.05) is 24.3 Å². The number of anilines is 1. The molecule has 0 saturated heterocycles. The zero-order chi connectivity index (χ0) is 26.0. The lowest BCUT2D eigenvalue weighted by atomic mass is 9.99. The fourth-order valence-electron chi connectivity index (χ4n) is 4.43. The van der Waals surface area contributed by atoms with E-state index >= 15 is 0 Å². The molecule has 0 fully saturated rings. The lowest BCUT2D eigenvalue weighted by Gasteiger charge is -2.39. The summed E-state index contributed by atoms with van der Waals surface area (Å²) in [5, 5.41) is 2.31. The van der Waals surface area contributed by atoms with Crippen molar-refractivity contribution in [3.8, 4) is 0 Å². The van der Waals surface area contributed by atoms with Crippen molar-refractivity contribution in [3.05, 3.63) is 89.5 Å². The Kier molecular flexibility index (Phi) is 7.05. The molecular formula is C26H26F4N4O2. The molecule has 1 aliphatic heterocycles. The van der Waals surface area contributed by atoms with Crippen molar-refractivity contribution in [1.82, 2.24) is 14.4 Å². The second kappa shape index (κ2) is 10.0. The number of rotatable bonds is 5. The largest absolute Gasteiger partial charge is 0.418 e. The Hall–Kier alpha value is -3.82. The second-order valence-corrected chi connectivity index (χ2v) is 8.87. The molecule has 0 saturated carbocycles. The Morgan fingerprint density at radius 1 is 1.06 bits per heavy atom. The predicted molar refractivity (Wildman–Crippen MR) is 127 cm³/mol. The molecule has 10 heteroatoms. The first-order chi connectivity index (χ1) is 17.1. The molecule has 0 radical (unpaired) electrons. The summed E-state index contributed by atoms with van der Waals surface area (Å²) in [5.41, 5.74) is 0.0281. The minimum atomic E-state index is -4.65. The standard InChI is InChI=1S/C26H26F4N4O2/c1-17(2)34(25(36)31-21-10-4-3-9-20(21)26(28,29)30)16-23(35)33-14-13-32-12-6-11-22(32)24(33)18-7-5-8-19(27)15-18/h3-12,15,17,24H,13-14,16H2,1-2H3,(H,31,36)/t24-/m0/s1. The Labute approximate surface area is 206 Å². The van der Waals surface area contributed by atoms with Crippen LogP contribution in [-0.2, 0) is 17.5 Å². The van der Waals surface area contributed by atoms with Crippen molar-refractivity contribution >= 4 is 17.6 Å². The highest BCUT2D eigenvalue weighted by atomic mass is 19.4. The van der Waals surface area contributed by atoms with E-state index in [1.54, 1.807) is 30.9 Å². The van der Waals surface area contributed by atoms with Crippen LogP contribution in [0.25, 0.3) is 0 Å². The van der Waals surface area contributed by atoms with E-state index in [1.807, 2.05) is 22.9 Å². The highest BCUT2D eigenvalue weighted by molar-refractivity contribution is 5.93. The number of para-hydroxylation sites is 1. The average Bonchev–Trinajstić information content (AvgIpc) is 3.30. The molecule has 1 N–H and O–H groups in total. The number of hydrogen-bond donors (Lipinski definition) is 1. The number of nitrogens with one attached hydrogen (secondary N) is 1. The minimum Gasteiger partial charge on any atom is -0.348 e. The number of carbonyl (C=O) groups excluding carboxylic acids is 2. The van der Waals surface area contributed by atoms with Gasteiger partial charge in [0.2, 0.25) is 5.91 Å². The fourth-order valence-corrected chi connectivity index (χ4v) is 4.43. The lowest BCUT2D eigenvalue weighted by molar-refractivity contribution is -0.137. The van der Waals surface area contributed by atoms with Gasteiger partial charge in [0.05, 0.1) is 17.3 Å². The molecule has 3 amide bonds. The maximum atomic E-state index is 14.0. The first-order valence-corrected chi connectivity index (χ1v) is 11.5. The van der Waals surface area contributed by atoms with E-state index in [2.05, 4.69) is 5.32 Å². The smallest absolute Gasteiger partial charge is 0.348 e. The molecule has 1 aliphatic rings. The van der Waals surface area contributed by atoms with Crippen molar-refractivity contribution < 1.29 is 27.2 Å². The predicted octanol–water partition coefficient (Wildman–Crippen LogP) is 5.52. The number of benzene rings is 2. The van der Waals surface area contributed by atoms with Crippen LogP contribution in [0.4, 0.5) is 28.0 Å². The topological polar surface area (TPSA) is 57.6 Å². The Morgan fingerprint density at radius 2 is 1.81 bits per heavy atom. The minimum absolute atomic E-state index is 0.326. The number of nitrogens with zero attached hydrogens (tertiary/aromatic N) is 3. The summed E-state index contributed by atoms with van der Waals surface area (Å²) < 4.78 is 56.2. The molecule has 2 aromatic carbocycles. The number of alkyl halides is 3. The summed E-state index contributed by atoms with van der Waals surface area (Å²) >= 11 is 0. The van der Waals surface area contributed by atoms with Crippen LogP contribution in [0.5, 0.6) is 0 Å². The van der Waals surface area contributed by atoms with Crippen molar-refractivity contribution in [3.63, 3.8) is 0 Å². The van der Waals surface area contributed by atoms with E-state index in [9.17, 15) is 27.2 Å². The van der Waals surface area contributed by atoms with Crippen LogP contribution in [-0.4, -0.2) is 45.4 Å². The first-order valence-electron chi connectivity index (χ1n) is 11.5. The molecule has 36 heavy (non-hydrogen) atoms. The van der Waals surface area contributed by atoms with Crippen molar-refractivity contribution in [2.75, 3.05) is 18.4 Å². The number of hydrogen-bond acceptors (Lipinski definition) is 2. The molecular weight excluding hydrogens is 476 g/mol. The Balaban J connectivity index is 1.58. The molecule has 0 bridgehead atoms. The number of urea groups is 1. The van der Waals surface area contributed by atoms with Gasteiger partial charge >= 0.3 is 12.2 Å². The van der Waals surface area contributed by atoms with E-state index in [0.717, 1.165) is 11.8 Å². The first kappa shape index (κ1) is 25.3. The van der Waals surface area contributed by atoms with Crippen LogP contribution in [0.1, 0.15) is 36.7 Å². The number of halogens is 4. The number of amides is 3. The highest BCUT2D eigenvalue weighted by Gasteiger charge is 2.36. The van der Waals surface area contributed by atoms with Crippen LogP contribution in [0.15, 0.2) is 66.9 Å². The molecule has 1 atom stereocenters. The van der Waals surface area contributed by atoms with Gasteiger partial charge in [0.1, 0.15) is 12.4 Å². The van der Waals surface area contributed by atoms with Crippen molar-refractivity contribution in [1.29, 1.82) is 0 Å². The van der Waals surface area contributed by atoms with Crippen molar-refractivity contribution in [2.45, 2.75) is 38.7 Å². The van der Waals surface area contributed by atoms with E-state index in [1.165, 1.54) is 35.2 Å². The van der Waals surface area contributed by atoms with Crippen LogP contribution < -0.4 is 5.32 Å². The summed E-state index contributed by atoms with van der Waals surface area (Å²) in [7, 11) is 0. The molecule has 3 aromatic rings. The van der Waals surface area contributed by atoms with Crippen molar-refractivity contribution in [2.24, 2.45) is 0 Å². The van der Waals surface area contributed by atoms with Gasteiger partial charge in [-0.2, -0.15) is 13.2 Å². The maximum Gasteiger partial charge on any atom is 0.418 e. The summed E-state index contributed by atoms with van der Waals surface area (Å²) in [6.07, 6.45) is -2.77. The van der Waals surface area contributed by atoms with Gasteiger partial charge in [0.15, 0.2) is 0 Å². The van der Waals surface area contributed by atoms with Gasteiger partial charge in [-0.25, -0.2) is 9.18 Å². The number of aromatic nitrogens is 1. The summed E-state index contributed by atoms with van der Waals surface area (Å²) in [6, 6.07) is 12.5. The van der Waals surface area contributed by atoms with Crippen LogP contribution >= 0.6 is 0 Å². The maximum absolute atomic E-state index is 14.0. The SMILES string of the molecule is CC(C)N(CC(=O)N1CCn2cccc2[C@@H]1c1cccc(F)c1)C(=O)Nc1ccccc1C(F)(F)F. The molecule has 6 nitrogen and oxygen atoms in total. The quantitative estimate of drug-likeness (QED) is 0.467. The number of carbonyl (C=O) groups is 2. The van der Waals surface area contributed by atoms with Crippen LogP contribution in [0, 0.1) is 5.82 Å². The normalized spacial score (nSPS) is 15.5. The zero-order valence-corrected chi connectivity index (χ0v) is 19.8. The van der Waals surface area contributed by atoms with E-state index in [-0.39, 0.29) is 12.2 Å². The third kappa shape index (κ3) is 5.22. The summed E-state index contributed by atoms with van der Waals surface area (Å²) in [4.78, 5) is 29.3. The third-order valence-corrected chi connectivity index (χ3v) is 6.19. The molecule has 4 rings (SSSR count). The van der Waals surface area contributed by atoms with Gasteiger partial charge < -0.3 is 19.7 Å². The molecule has 0 unspecified atom stereocenters. The fraction of sp³-hybridized carbons (Fsp3) is 0.308. The van der Waals surface area contributed by atoms with Gasteiger partial charge in [0, 0.05) is 31.0 Å². The third-order valence-electron chi connectivity index (χ3n) is 6.19. The van der Waals surface area contributed by atoms with Gasteiger partial charge in [-0.15, -0.1) is 0 Å². The van der Waals surface area contributed by atoms with Crippen LogP contribution in [0.2, 0.25) is 0 Å². The Bertz CT molecular complexity index is 1250. The average molecular weight is 503 g/mol. The van der Waals surface area contributed by atoms with E-state index in [4.69, 9.17) is 0 Å². The van der Waals surface area contributed by atoms with Crippen LogP contribution in [0.3, 0.4) is 0 Å². The molecule has 2 heterocycles. The second-order valence-electron chi connectivity index (χ2n) is 8.87. The summed E-state index contributed by atoms with van der Waals surface area (Å²) in [5.74, 6) is -0.834. The van der Waals surface area contributed by atoms with Gasteiger partial charge in [-0.05, 0) is 55.8 Å². The van der Waals surface area contributed by atoms with E-state index < -0.39 is 41.6 Å². The molecule has 1 aromatic heterocycles. The van der Waals surface area contributed by atoms with Gasteiger partial charge in [-0.3, -0.25) is 4.79 Å². The molecule has 0 aliphatic carbocycles.